The van der Waals surface area contributed by atoms with Crippen molar-refractivity contribution in [3.8, 4) is 0 Å². The van der Waals surface area contributed by atoms with Gasteiger partial charge in [0.25, 0.3) is 5.56 Å². The van der Waals surface area contributed by atoms with Gasteiger partial charge in [-0.15, -0.1) is 11.8 Å². The van der Waals surface area contributed by atoms with E-state index in [-0.39, 0.29) is 11.7 Å². The molecule has 0 radical (unpaired) electrons. The van der Waals surface area contributed by atoms with Gasteiger partial charge in [-0.05, 0) is 24.6 Å². The van der Waals surface area contributed by atoms with Crippen LogP contribution in [0.1, 0.15) is 5.56 Å². The highest BCUT2D eigenvalue weighted by molar-refractivity contribution is 8.00. The molecule has 2 heterocycles. The number of amides is 1. The number of anilines is 1. The van der Waals surface area contributed by atoms with Crippen molar-refractivity contribution >= 4 is 34.4 Å². The molecule has 1 N–H and O–H groups in total. The fourth-order valence-electron chi connectivity index (χ4n) is 2.64. The molecule has 0 unspecified atom stereocenters. The Morgan fingerprint density at radius 2 is 1.85 bits per heavy atom. The SMILES string of the molecule is Cc1cnc2c(c1SCC(=O)Nc1ccccc1)c(=O)n(C)c(=O)n2C. The summed E-state index contributed by atoms with van der Waals surface area (Å²) in [7, 11) is 3.01. The monoisotopic (exact) mass is 370 g/mol. The van der Waals surface area contributed by atoms with Crippen LogP contribution in [0.25, 0.3) is 11.0 Å². The van der Waals surface area contributed by atoms with Gasteiger partial charge in [-0.1, -0.05) is 18.2 Å². The minimum atomic E-state index is -0.434. The maximum Gasteiger partial charge on any atom is 0.332 e. The zero-order chi connectivity index (χ0) is 18.8. The number of nitrogens with zero attached hydrogens (tertiary/aromatic N) is 3. The third-order valence-corrected chi connectivity index (χ3v) is 5.23. The van der Waals surface area contributed by atoms with E-state index in [2.05, 4.69) is 10.3 Å². The Balaban J connectivity index is 1.95. The second kappa shape index (κ2) is 7.17. The van der Waals surface area contributed by atoms with Gasteiger partial charge in [-0.3, -0.25) is 18.7 Å². The Bertz CT molecular complexity index is 1100. The van der Waals surface area contributed by atoms with Crippen molar-refractivity contribution in [2.75, 3.05) is 11.1 Å². The Kier molecular flexibility index (Phi) is 4.94. The summed E-state index contributed by atoms with van der Waals surface area (Å²) in [4.78, 5) is 41.8. The Hall–Kier alpha value is -2.87. The summed E-state index contributed by atoms with van der Waals surface area (Å²) in [6.07, 6.45) is 1.61. The second-order valence-corrected chi connectivity index (χ2v) is 6.86. The van der Waals surface area contributed by atoms with E-state index in [1.54, 1.807) is 25.4 Å². The Labute approximate surface area is 153 Å². The van der Waals surface area contributed by atoms with E-state index in [4.69, 9.17) is 0 Å². The molecule has 0 fully saturated rings. The molecule has 0 spiro atoms. The van der Waals surface area contributed by atoms with Crippen molar-refractivity contribution in [1.82, 2.24) is 14.1 Å². The summed E-state index contributed by atoms with van der Waals surface area (Å²) >= 11 is 1.26. The number of hydrogen-bond acceptors (Lipinski definition) is 5. The molecule has 26 heavy (non-hydrogen) atoms. The minimum absolute atomic E-state index is 0.140. The van der Waals surface area contributed by atoms with Crippen LogP contribution in [0.3, 0.4) is 0 Å². The highest BCUT2D eigenvalue weighted by atomic mass is 32.2. The maximum atomic E-state index is 12.6. The molecule has 1 aromatic carbocycles. The number of nitrogens with one attached hydrogen (secondary N) is 1. The van der Waals surface area contributed by atoms with Crippen LogP contribution in [-0.2, 0) is 18.9 Å². The standard InChI is InChI=1S/C18H18N4O3S/c1-11-9-19-16-14(17(24)22(3)18(25)21(16)2)15(11)26-10-13(23)20-12-7-5-4-6-8-12/h4-9H,10H2,1-3H3,(H,20,23). The normalized spacial score (nSPS) is 10.9. The first-order chi connectivity index (χ1) is 12.4. The van der Waals surface area contributed by atoms with E-state index in [0.29, 0.717) is 21.6 Å². The van der Waals surface area contributed by atoms with Crippen LogP contribution in [0.15, 0.2) is 51.0 Å². The molecular formula is C18H18N4O3S. The van der Waals surface area contributed by atoms with E-state index >= 15 is 0 Å². The van der Waals surface area contributed by atoms with Gasteiger partial charge >= 0.3 is 5.69 Å². The third-order valence-electron chi connectivity index (χ3n) is 4.00. The molecule has 0 bridgehead atoms. The van der Waals surface area contributed by atoms with E-state index < -0.39 is 11.2 Å². The molecular weight excluding hydrogens is 352 g/mol. The lowest BCUT2D eigenvalue weighted by molar-refractivity contribution is -0.113. The topological polar surface area (TPSA) is 86.0 Å². The van der Waals surface area contributed by atoms with Crippen molar-refractivity contribution < 1.29 is 4.79 Å². The summed E-state index contributed by atoms with van der Waals surface area (Å²) in [6, 6.07) is 9.17. The van der Waals surface area contributed by atoms with E-state index in [1.165, 1.54) is 23.4 Å². The number of benzene rings is 1. The number of hydrogen-bond donors (Lipinski definition) is 1. The van der Waals surface area contributed by atoms with Gasteiger partial charge in [0.15, 0.2) is 0 Å². The van der Waals surface area contributed by atoms with Crippen molar-refractivity contribution in [2.45, 2.75) is 11.8 Å². The first-order valence-corrected chi connectivity index (χ1v) is 8.91. The van der Waals surface area contributed by atoms with Gasteiger partial charge in [-0.25, -0.2) is 9.78 Å². The summed E-state index contributed by atoms with van der Waals surface area (Å²) in [5.74, 6) is -0.0342. The Morgan fingerprint density at radius 3 is 2.54 bits per heavy atom. The van der Waals surface area contributed by atoms with E-state index in [0.717, 1.165) is 10.1 Å². The quantitative estimate of drug-likeness (QED) is 0.706. The molecule has 134 valence electrons. The summed E-state index contributed by atoms with van der Waals surface area (Å²) in [5, 5.41) is 3.17. The molecule has 3 aromatic rings. The molecule has 0 aliphatic rings. The summed E-state index contributed by atoms with van der Waals surface area (Å²) < 4.78 is 2.39. The number of carbonyl (C=O) groups is 1. The smallest absolute Gasteiger partial charge is 0.325 e. The number of carbonyl (C=O) groups excluding carboxylic acids is 1. The van der Waals surface area contributed by atoms with Crippen molar-refractivity contribution in [3.05, 3.63) is 62.9 Å². The number of thioether (sulfide) groups is 1. The van der Waals surface area contributed by atoms with Crippen LogP contribution < -0.4 is 16.6 Å². The third kappa shape index (κ3) is 3.28. The van der Waals surface area contributed by atoms with E-state index in [1.807, 2.05) is 25.1 Å². The van der Waals surface area contributed by atoms with Gasteiger partial charge in [0.05, 0.1) is 11.1 Å². The first kappa shape index (κ1) is 17.9. The number of rotatable bonds is 4. The highest BCUT2D eigenvalue weighted by Crippen LogP contribution is 2.27. The lowest BCUT2D eigenvalue weighted by Gasteiger charge is -2.12. The predicted molar refractivity (Wildman–Crippen MR) is 103 cm³/mol. The molecule has 0 atom stereocenters. The predicted octanol–water partition coefficient (Wildman–Crippen LogP) is 1.67. The zero-order valence-electron chi connectivity index (χ0n) is 14.6. The largest absolute Gasteiger partial charge is 0.332 e. The van der Waals surface area contributed by atoms with E-state index in [9.17, 15) is 14.4 Å². The number of fused-ring (bicyclic) bond motifs is 1. The average Bonchev–Trinajstić information content (AvgIpc) is 2.64. The van der Waals surface area contributed by atoms with Gasteiger partial charge in [0, 0.05) is 30.9 Å². The van der Waals surface area contributed by atoms with Crippen LogP contribution in [-0.4, -0.2) is 25.8 Å². The minimum Gasteiger partial charge on any atom is -0.325 e. The fourth-order valence-corrected chi connectivity index (χ4v) is 3.59. The fraction of sp³-hybridized carbons (Fsp3) is 0.222. The van der Waals surface area contributed by atoms with Gasteiger partial charge in [0.1, 0.15) is 5.65 Å². The van der Waals surface area contributed by atoms with Crippen LogP contribution in [0.5, 0.6) is 0 Å². The van der Waals surface area contributed by atoms with Gasteiger partial charge in [0.2, 0.25) is 5.91 Å². The average molecular weight is 370 g/mol. The molecule has 0 saturated carbocycles. The molecule has 0 saturated heterocycles. The van der Waals surface area contributed by atoms with Crippen molar-refractivity contribution in [2.24, 2.45) is 14.1 Å². The summed E-state index contributed by atoms with van der Waals surface area (Å²) in [5.41, 5.74) is 0.968. The van der Waals surface area contributed by atoms with Gasteiger partial charge < -0.3 is 5.32 Å². The number of pyridine rings is 1. The van der Waals surface area contributed by atoms with Crippen molar-refractivity contribution in [1.29, 1.82) is 0 Å². The molecule has 7 nitrogen and oxygen atoms in total. The lowest BCUT2D eigenvalue weighted by atomic mass is 10.2. The van der Waals surface area contributed by atoms with Gasteiger partial charge in [-0.2, -0.15) is 0 Å². The number of aromatic nitrogens is 3. The zero-order valence-corrected chi connectivity index (χ0v) is 15.5. The summed E-state index contributed by atoms with van der Waals surface area (Å²) in [6.45, 7) is 1.83. The lowest BCUT2D eigenvalue weighted by Crippen LogP contribution is -2.37. The molecule has 2 aromatic heterocycles. The van der Waals surface area contributed by atoms with Crippen LogP contribution in [0.4, 0.5) is 5.69 Å². The first-order valence-electron chi connectivity index (χ1n) is 7.93. The number of para-hydroxylation sites is 1. The Morgan fingerprint density at radius 1 is 1.15 bits per heavy atom. The molecule has 1 amide bonds. The van der Waals surface area contributed by atoms with Crippen LogP contribution >= 0.6 is 11.8 Å². The molecule has 3 rings (SSSR count). The maximum absolute atomic E-state index is 12.6. The highest BCUT2D eigenvalue weighted by Gasteiger charge is 2.17. The van der Waals surface area contributed by atoms with Crippen molar-refractivity contribution in [3.63, 3.8) is 0 Å². The molecule has 0 aliphatic heterocycles. The van der Waals surface area contributed by atoms with Crippen LogP contribution in [0, 0.1) is 6.92 Å². The molecule has 0 aliphatic carbocycles. The second-order valence-electron chi connectivity index (χ2n) is 5.88. The number of aryl methyl sites for hydroxylation is 2. The van der Waals surface area contributed by atoms with Crippen LogP contribution in [0.2, 0.25) is 0 Å². The molecule has 8 heteroatoms.